The van der Waals surface area contributed by atoms with Crippen LogP contribution in [0.3, 0.4) is 0 Å². The number of hydrogen-bond donors (Lipinski definition) is 1. The molecule has 0 aromatic heterocycles. The van der Waals surface area contributed by atoms with E-state index in [1.807, 2.05) is 0 Å². The Kier molecular flexibility index (Phi) is 3.12. The van der Waals surface area contributed by atoms with E-state index in [1.165, 1.54) is 0 Å². The fourth-order valence-electron chi connectivity index (χ4n) is 0.953. The third-order valence-corrected chi connectivity index (χ3v) is 1.62. The highest BCUT2D eigenvalue weighted by Gasteiger charge is 2.23. The summed E-state index contributed by atoms with van der Waals surface area (Å²) in [4.78, 5) is 2.19. The first-order chi connectivity index (χ1) is 4.83. The number of epoxide rings is 1. The molecular formula is C7H15NO2. The van der Waals surface area contributed by atoms with E-state index < -0.39 is 0 Å². The van der Waals surface area contributed by atoms with Gasteiger partial charge >= 0.3 is 0 Å². The van der Waals surface area contributed by atoms with Gasteiger partial charge in [0.15, 0.2) is 0 Å². The SMILES string of the molecule is CN(CCCO)CC1CO1. The topological polar surface area (TPSA) is 36.0 Å². The minimum Gasteiger partial charge on any atom is -0.396 e. The molecule has 3 heteroatoms. The summed E-state index contributed by atoms with van der Waals surface area (Å²) in [6.45, 7) is 3.19. The molecule has 0 aromatic rings. The van der Waals surface area contributed by atoms with Crippen LogP contribution in [0.2, 0.25) is 0 Å². The summed E-state index contributed by atoms with van der Waals surface area (Å²) in [5.74, 6) is 0. The Balaban J connectivity index is 1.91. The second-order valence-electron chi connectivity index (χ2n) is 2.79. The molecule has 0 radical (unpaired) electrons. The Morgan fingerprint density at radius 3 is 2.90 bits per heavy atom. The van der Waals surface area contributed by atoms with Crippen LogP contribution in [0.25, 0.3) is 0 Å². The van der Waals surface area contributed by atoms with Gasteiger partial charge in [-0.3, -0.25) is 0 Å². The van der Waals surface area contributed by atoms with Crippen molar-refractivity contribution in [2.75, 3.05) is 33.4 Å². The van der Waals surface area contributed by atoms with Gasteiger partial charge in [0.1, 0.15) is 0 Å². The molecule has 1 aliphatic rings. The zero-order valence-corrected chi connectivity index (χ0v) is 6.42. The molecule has 0 bridgehead atoms. The van der Waals surface area contributed by atoms with Gasteiger partial charge < -0.3 is 14.7 Å². The third-order valence-electron chi connectivity index (χ3n) is 1.62. The van der Waals surface area contributed by atoms with Crippen LogP contribution in [0, 0.1) is 0 Å². The average Bonchev–Trinajstić information content (AvgIpc) is 2.67. The van der Waals surface area contributed by atoms with Crippen molar-refractivity contribution in [1.29, 1.82) is 0 Å². The largest absolute Gasteiger partial charge is 0.396 e. The summed E-state index contributed by atoms with van der Waals surface area (Å²) in [5.41, 5.74) is 0. The minimum atomic E-state index is 0.288. The molecule has 0 amide bonds. The van der Waals surface area contributed by atoms with E-state index in [4.69, 9.17) is 9.84 Å². The van der Waals surface area contributed by atoms with Crippen molar-refractivity contribution in [2.45, 2.75) is 12.5 Å². The Hall–Kier alpha value is -0.120. The lowest BCUT2D eigenvalue weighted by atomic mass is 10.4. The maximum atomic E-state index is 8.51. The van der Waals surface area contributed by atoms with Gasteiger partial charge in [0.2, 0.25) is 0 Å². The zero-order chi connectivity index (χ0) is 7.40. The molecule has 0 spiro atoms. The van der Waals surface area contributed by atoms with Crippen LogP contribution < -0.4 is 0 Å². The van der Waals surface area contributed by atoms with Gasteiger partial charge in [0.05, 0.1) is 12.7 Å². The molecule has 1 aliphatic heterocycles. The van der Waals surface area contributed by atoms with Crippen molar-refractivity contribution in [2.24, 2.45) is 0 Å². The molecule has 1 atom stereocenters. The van der Waals surface area contributed by atoms with E-state index in [0.717, 1.165) is 26.1 Å². The smallest absolute Gasteiger partial charge is 0.0936 e. The second kappa shape index (κ2) is 3.91. The molecule has 0 aliphatic carbocycles. The van der Waals surface area contributed by atoms with Gasteiger partial charge in [-0.15, -0.1) is 0 Å². The number of aliphatic hydroxyl groups excluding tert-OH is 1. The van der Waals surface area contributed by atoms with E-state index in [2.05, 4.69) is 11.9 Å². The second-order valence-corrected chi connectivity index (χ2v) is 2.79. The van der Waals surface area contributed by atoms with Gasteiger partial charge in [-0.25, -0.2) is 0 Å². The number of likely N-dealkylation sites (N-methyl/N-ethyl adjacent to an activating group) is 1. The highest BCUT2D eigenvalue weighted by Crippen LogP contribution is 2.09. The lowest BCUT2D eigenvalue weighted by Crippen LogP contribution is -2.24. The Labute approximate surface area is 61.6 Å². The first-order valence-corrected chi connectivity index (χ1v) is 3.74. The molecule has 10 heavy (non-hydrogen) atoms. The maximum absolute atomic E-state index is 8.51. The van der Waals surface area contributed by atoms with Crippen LogP contribution in [-0.4, -0.2) is 49.5 Å². The van der Waals surface area contributed by atoms with Crippen LogP contribution in [0.4, 0.5) is 0 Å². The van der Waals surface area contributed by atoms with Gasteiger partial charge in [0.25, 0.3) is 0 Å². The summed E-state index contributed by atoms with van der Waals surface area (Å²) in [5, 5.41) is 8.51. The van der Waals surface area contributed by atoms with Crippen molar-refractivity contribution in [1.82, 2.24) is 4.90 Å². The average molecular weight is 145 g/mol. The van der Waals surface area contributed by atoms with Crippen molar-refractivity contribution >= 4 is 0 Å². The Morgan fingerprint density at radius 2 is 2.40 bits per heavy atom. The third kappa shape index (κ3) is 3.15. The van der Waals surface area contributed by atoms with E-state index >= 15 is 0 Å². The van der Waals surface area contributed by atoms with Gasteiger partial charge in [0, 0.05) is 19.7 Å². The molecule has 3 nitrogen and oxygen atoms in total. The minimum absolute atomic E-state index is 0.288. The van der Waals surface area contributed by atoms with E-state index in [0.29, 0.717) is 6.10 Å². The molecule has 1 N–H and O–H groups in total. The monoisotopic (exact) mass is 145 g/mol. The summed E-state index contributed by atoms with van der Waals surface area (Å²) in [6.07, 6.45) is 1.34. The fourth-order valence-corrected chi connectivity index (χ4v) is 0.953. The predicted octanol–water partition coefficient (Wildman–Crippen LogP) is -0.301. The summed E-state index contributed by atoms with van der Waals surface area (Å²) < 4.78 is 5.05. The van der Waals surface area contributed by atoms with E-state index in [-0.39, 0.29) is 6.61 Å². The van der Waals surface area contributed by atoms with Gasteiger partial charge in [-0.1, -0.05) is 0 Å². The quantitative estimate of drug-likeness (QED) is 0.539. The highest BCUT2D eigenvalue weighted by atomic mass is 16.6. The lowest BCUT2D eigenvalue weighted by molar-refractivity contribution is 0.235. The maximum Gasteiger partial charge on any atom is 0.0936 e. The normalized spacial score (nSPS) is 23.7. The zero-order valence-electron chi connectivity index (χ0n) is 6.42. The van der Waals surface area contributed by atoms with Crippen molar-refractivity contribution < 1.29 is 9.84 Å². The standard InChI is InChI=1S/C7H15NO2/c1-8(3-2-4-9)5-7-6-10-7/h7,9H,2-6H2,1H3. The molecule has 60 valence electrons. The predicted molar refractivity (Wildman–Crippen MR) is 38.9 cm³/mol. The first-order valence-electron chi connectivity index (χ1n) is 3.74. The lowest BCUT2D eigenvalue weighted by Gasteiger charge is -2.13. The van der Waals surface area contributed by atoms with Crippen LogP contribution in [0.15, 0.2) is 0 Å². The van der Waals surface area contributed by atoms with Crippen LogP contribution >= 0.6 is 0 Å². The fraction of sp³-hybridized carbons (Fsp3) is 1.00. The van der Waals surface area contributed by atoms with E-state index in [1.54, 1.807) is 0 Å². The summed E-state index contributed by atoms with van der Waals surface area (Å²) in [6, 6.07) is 0. The number of aliphatic hydroxyl groups is 1. The molecule has 0 saturated carbocycles. The number of hydrogen-bond acceptors (Lipinski definition) is 3. The number of nitrogens with zero attached hydrogens (tertiary/aromatic N) is 1. The molecule has 0 aromatic carbocycles. The van der Waals surface area contributed by atoms with Crippen molar-refractivity contribution in [3.8, 4) is 0 Å². The van der Waals surface area contributed by atoms with Crippen molar-refractivity contribution in [3.63, 3.8) is 0 Å². The van der Waals surface area contributed by atoms with Gasteiger partial charge in [-0.05, 0) is 13.5 Å². The molecule has 1 rings (SSSR count). The summed E-state index contributed by atoms with van der Waals surface area (Å²) >= 11 is 0. The first kappa shape index (κ1) is 7.98. The molecule has 1 saturated heterocycles. The highest BCUT2D eigenvalue weighted by molar-refractivity contribution is 4.72. The molecule has 1 heterocycles. The van der Waals surface area contributed by atoms with E-state index in [9.17, 15) is 0 Å². The Bertz CT molecular complexity index is 93.6. The number of rotatable bonds is 5. The van der Waals surface area contributed by atoms with Crippen LogP contribution in [0.1, 0.15) is 6.42 Å². The van der Waals surface area contributed by atoms with Crippen molar-refractivity contribution in [3.05, 3.63) is 0 Å². The van der Waals surface area contributed by atoms with Crippen LogP contribution in [0.5, 0.6) is 0 Å². The molecule has 1 fully saturated rings. The molecular weight excluding hydrogens is 130 g/mol. The molecule has 1 unspecified atom stereocenters. The number of ether oxygens (including phenoxy) is 1. The Morgan fingerprint density at radius 1 is 1.70 bits per heavy atom. The van der Waals surface area contributed by atoms with Gasteiger partial charge in [-0.2, -0.15) is 0 Å². The van der Waals surface area contributed by atoms with Crippen LogP contribution in [-0.2, 0) is 4.74 Å². The summed E-state index contributed by atoms with van der Waals surface area (Å²) in [7, 11) is 2.05.